The van der Waals surface area contributed by atoms with Gasteiger partial charge in [0.2, 0.25) is 5.24 Å². The normalized spacial score (nSPS) is 10.9. The highest BCUT2D eigenvalue weighted by atomic mass is 35.5. The summed E-state index contributed by atoms with van der Waals surface area (Å²) in [6.07, 6.45) is 11.8. The monoisotopic (exact) mass is 202 g/mol. The molecule has 0 aliphatic heterocycles. The predicted molar refractivity (Wildman–Crippen MR) is 58.0 cm³/mol. The molecule has 0 unspecified atom stereocenters. The van der Waals surface area contributed by atoms with Crippen LogP contribution in [0.2, 0.25) is 0 Å². The third-order valence-electron chi connectivity index (χ3n) is 1.98. The molecule has 0 aromatic carbocycles. The average molecular weight is 203 g/mol. The first-order valence-corrected chi connectivity index (χ1v) is 5.44. The highest BCUT2D eigenvalue weighted by Crippen LogP contribution is 2.08. The van der Waals surface area contributed by atoms with Crippen LogP contribution in [0.5, 0.6) is 0 Å². The van der Waals surface area contributed by atoms with Crippen molar-refractivity contribution in [1.82, 2.24) is 0 Å². The van der Waals surface area contributed by atoms with Crippen LogP contribution in [0.1, 0.15) is 51.9 Å². The molecule has 0 N–H and O–H groups in total. The van der Waals surface area contributed by atoms with Gasteiger partial charge in [-0.2, -0.15) is 0 Å². The fourth-order valence-electron chi connectivity index (χ4n) is 1.22. The molecule has 13 heavy (non-hydrogen) atoms. The van der Waals surface area contributed by atoms with Crippen molar-refractivity contribution >= 4 is 16.8 Å². The van der Waals surface area contributed by atoms with E-state index in [1.165, 1.54) is 25.7 Å². The summed E-state index contributed by atoms with van der Waals surface area (Å²) in [5, 5.41) is -0.200. The second kappa shape index (κ2) is 9.79. The standard InChI is InChI=1S/C11H19ClO/c1-2-3-4-5-6-7-8-9-10-11(12)13/h2-3H,4-10H2,1H3/b3-2-. The van der Waals surface area contributed by atoms with Crippen molar-refractivity contribution in [2.75, 3.05) is 0 Å². The van der Waals surface area contributed by atoms with Crippen molar-refractivity contribution in [3.63, 3.8) is 0 Å². The Morgan fingerprint density at radius 2 is 1.77 bits per heavy atom. The predicted octanol–water partition coefficient (Wildman–Crippen LogP) is 4.06. The highest BCUT2D eigenvalue weighted by Gasteiger charge is 1.95. The van der Waals surface area contributed by atoms with Crippen molar-refractivity contribution in [3.8, 4) is 0 Å². The van der Waals surface area contributed by atoms with Gasteiger partial charge in [0.05, 0.1) is 0 Å². The molecular weight excluding hydrogens is 184 g/mol. The van der Waals surface area contributed by atoms with E-state index in [9.17, 15) is 4.79 Å². The molecule has 0 aliphatic carbocycles. The van der Waals surface area contributed by atoms with Gasteiger partial charge in [-0.05, 0) is 37.8 Å². The Hall–Kier alpha value is -0.300. The third kappa shape index (κ3) is 11.7. The Bertz CT molecular complexity index is 152. The Balaban J connectivity index is 2.95. The molecular formula is C11H19ClO. The van der Waals surface area contributed by atoms with E-state index in [-0.39, 0.29) is 5.24 Å². The molecule has 0 aromatic rings. The summed E-state index contributed by atoms with van der Waals surface area (Å²) in [5.41, 5.74) is 0. The van der Waals surface area contributed by atoms with Crippen LogP contribution >= 0.6 is 11.6 Å². The summed E-state index contributed by atoms with van der Waals surface area (Å²) in [7, 11) is 0. The molecule has 0 radical (unpaired) electrons. The van der Waals surface area contributed by atoms with Gasteiger partial charge in [-0.15, -0.1) is 0 Å². The van der Waals surface area contributed by atoms with E-state index in [4.69, 9.17) is 11.6 Å². The largest absolute Gasteiger partial charge is 0.281 e. The van der Waals surface area contributed by atoms with Crippen LogP contribution in [0.4, 0.5) is 0 Å². The van der Waals surface area contributed by atoms with Crippen molar-refractivity contribution < 1.29 is 4.79 Å². The summed E-state index contributed by atoms with van der Waals surface area (Å²) in [4.78, 5) is 10.4. The molecule has 0 heterocycles. The van der Waals surface area contributed by atoms with E-state index in [0.29, 0.717) is 6.42 Å². The summed E-state index contributed by atoms with van der Waals surface area (Å²) >= 11 is 5.21. The van der Waals surface area contributed by atoms with Crippen LogP contribution < -0.4 is 0 Å². The van der Waals surface area contributed by atoms with E-state index in [2.05, 4.69) is 12.2 Å². The van der Waals surface area contributed by atoms with Gasteiger partial charge in [0, 0.05) is 6.42 Å². The molecule has 0 aromatic heterocycles. The molecule has 0 aliphatic rings. The van der Waals surface area contributed by atoms with Gasteiger partial charge in [0.15, 0.2) is 0 Å². The zero-order chi connectivity index (χ0) is 9.94. The number of carbonyl (C=O) groups excluding carboxylic acids is 1. The summed E-state index contributed by atoms with van der Waals surface area (Å²) in [6, 6.07) is 0. The van der Waals surface area contributed by atoms with Gasteiger partial charge in [-0.3, -0.25) is 4.79 Å². The SMILES string of the molecule is C/C=C\CCCCCCCC(=O)Cl. The lowest BCUT2D eigenvalue weighted by Gasteiger charge is -1.97. The molecule has 0 rings (SSSR count). The number of halogens is 1. The van der Waals surface area contributed by atoms with Gasteiger partial charge >= 0.3 is 0 Å². The zero-order valence-corrected chi connectivity index (χ0v) is 9.15. The van der Waals surface area contributed by atoms with Crippen molar-refractivity contribution in [3.05, 3.63) is 12.2 Å². The van der Waals surface area contributed by atoms with Gasteiger partial charge in [0.1, 0.15) is 0 Å². The second-order valence-corrected chi connectivity index (χ2v) is 3.65. The lowest BCUT2D eigenvalue weighted by Crippen LogP contribution is -1.86. The van der Waals surface area contributed by atoms with Gasteiger partial charge in [-0.1, -0.05) is 31.4 Å². The maximum Gasteiger partial charge on any atom is 0.221 e. The van der Waals surface area contributed by atoms with E-state index < -0.39 is 0 Å². The van der Waals surface area contributed by atoms with Crippen LogP contribution in [0, 0.1) is 0 Å². The minimum atomic E-state index is -0.200. The van der Waals surface area contributed by atoms with Crippen LogP contribution in [-0.2, 0) is 4.79 Å². The molecule has 0 atom stereocenters. The van der Waals surface area contributed by atoms with Crippen molar-refractivity contribution in [2.45, 2.75) is 51.9 Å². The fraction of sp³-hybridized carbons (Fsp3) is 0.727. The smallest absolute Gasteiger partial charge is 0.221 e. The first-order chi connectivity index (χ1) is 6.27. The maximum atomic E-state index is 10.4. The molecule has 0 bridgehead atoms. The Morgan fingerprint density at radius 3 is 2.38 bits per heavy atom. The number of rotatable bonds is 8. The molecule has 0 fully saturated rings. The topological polar surface area (TPSA) is 17.1 Å². The van der Waals surface area contributed by atoms with E-state index in [1.807, 2.05) is 6.92 Å². The van der Waals surface area contributed by atoms with Crippen LogP contribution in [-0.4, -0.2) is 5.24 Å². The third-order valence-corrected chi connectivity index (χ3v) is 2.17. The van der Waals surface area contributed by atoms with Gasteiger partial charge < -0.3 is 0 Å². The fourth-order valence-corrected chi connectivity index (χ4v) is 1.36. The molecule has 0 amide bonds. The van der Waals surface area contributed by atoms with Crippen LogP contribution in [0.25, 0.3) is 0 Å². The van der Waals surface area contributed by atoms with E-state index in [1.54, 1.807) is 0 Å². The number of allylic oxidation sites excluding steroid dienone is 2. The van der Waals surface area contributed by atoms with E-state index >= 15 is 0 Å². The maximum absolute atomic E-state index is 10.4. The summed E-state index contributed by atoms with van der Waals surface area (Å²) in [6.45, 7) is 2.05. The lowest BCUT2D eigenvalue weighted by molar-refractivity contribution is -0.111. The van der Waals surface area contributed by atoms with Crippen molar-refractivity contribution in [2.24, 2.45) is 0 Å². The number of hydrogen-bond acceptors (Lipinski definition) is 1. The average Bonchev–Trinajstić information content (AvgIpc) is 2.09. The Labute approximate surface area is 86.2 Å². The Kier molecular flexibility index (Phi) is 9.56. The van der Waals surface area contributed by atoms with Crippen LogP contribution in [0.15, 0.2) is 12.2 Å². The van der Waals surface area contributed by atoms with Gasteiger partial charge in [-0.25, -0.2) is 0 Å². The highest BCUT2D eigenvalue weighted by molar-refractivity contribution is 6.63. The van der Waals surface area contributed by atoms with Crippen LogP contribution in [0.3, 0.4) is 0 Å². The summed E-state index contributed by atoms with van der Waals surface area (Å²) in [5.74, 6) is 0. The number of unbranched alkanes of at least 4 members (excludes halogenated alkanes) is 5. The molecule has 0 spiro atoms. The second-order valence-electron chi connectivity index (χ2n) is 3.23. The minimum Gasteiger partial charge on any atom is -0.281 e. The Morgan fingerprint density at radius 1 is 1.15 bits per heavy atom. The van der Waals surface area contributed by atoms with Crippen molar-refractivity contribution in [1.29, 1.82) is 0 Å². The van der Waals surface area contributed by atoms with E-state index in [0.717, 1.165) is 12.8 Å². The quantitative estimate of drug-likeness (QED) is 0.330. The summed E-state index contributed by atoms with van der Waals surface area (Å²) < 4.78 is 0. The lowest BCUT2D eigenvalue weighted by atomic mass is 10.1. The molecule has 0 saturated heterocycles. The molecule has 1 nitrogen and oxygen atoms in total. The molecule has 0 saturated carbocycles. The first-order valence-electron chi connectivity index (χ1n) is 5.07. The molecule has 76 valence electrons. The molecule has 2 heteroatoms. The first kappa shape index (κ1) is 12.7. The zero-order valence-electron chi connectivity index (χ0n) is 8.39. The number of hydrogen-bond donors (Lipinski definition) is 0. The van der Waals surface area contributed by atoms with Gasteiger partial charge in [0.25, 0.3) is 0 Å². The number of carbonyl (C=O) groups is 1. The minimum absolute atomic E-state index is 0.200.